The second kappa shape index (κ2) is 8.42. The summed E-state index contributed by atoms with van der Waals surface area (Å²) in [6.07, 6.45) is 4.40. The third-order valence-corrected chi connectivity index (χ3v) is 5.60. The molecule has 1 aromatic heterocycles. The molecule has 0 N–H and O–H groups in total. The Labute approximate surface area is 164 Å². The van der Waals surface area contributed by atoms with Gasteiger partial charge < -0.3 is 9.30 Å². The highest BCUT2D eigenvalue weighted by molar-refractivity contribution is 6.31. The first-order valence-electron chi connectivity index (χ1n) is 9.51. The molecule has 142 valence electrons. The van der Waals surface area contributed by atoms with Gasteiger partial charge in [0.15, 0.2) is 0 Å². The van der Waals surface area contributed by atoms with Crippen molar-refractivity contribution in [3.63, 3.8) is 0 Å². The van der Waals surface area contributed by atoms with Gasteiger partial charge in [-0.1, -0.05) is 35.9 Å². The van der Waals surface area contributed by atoms with Crippen molar-refractivity contribution in [2.75, 3.05) is 32.8 Å². The van der Waals surface area contributed by atoms with Crippen molar-refractivity contribution in [2.45, 2.75) is 19.4 Å². The van der Waals surface area contributed by atoms with Gasteiger partial charge in [-0.25, -0.2) is 4.39 Å². The summed E-state index contributed by atoms with van der Waals surface area (Å²) < 4.78 is 21.0. The molecule has 2 heterocycles. The van der Waals surface area contributed by atoms with Crippen LogP contribution >= 0.6 is 11.6 Å². The number of hydrogen-bond donors (Lipinski definition) is 0. The lowest BCUT2D eigenvalue weighted by molar-refractivity contribution is 0.0375. The van der Waals surface area contributed by atoms with Crippen molar-refractivity contribution in [2.24, 2.45) is 0 Å². The molecule has 0 unspecified atom stereocenters. The zero-order valence-corrected chi connectivity index (χ0v) is 16.1. The van der Waals surface area contributed by atoms with E-state index in [1.807, 2.05) is 0 Å². The average molecular weight is 387 g/mol. The van der Waals surface area contributed by atoms with Crippen molar-refractivity contribution in [3.8, 4) is 0 Å². The van der Waals surface area contributed by atoms with Crippen LogP contribution in [0.2, 0.25) is 5.02 Å². The third-order valence-electron chi connectivity index (χ3n) is 5.25. The highest BCUT2D eigenvalue weighted by atomic mass is 35.5. The lowest BCUT2D eigenvalue weighted by Gasteiger charge is -2.26. The number of benzene rings is 2. The van der Waals surface area contributed by atoms with Crippen molar-refractivity contribution in [1.29, 1.82) is 0 Å². The molecule has 0 atom stereocenters. The minimum Gasteiger partial charge on any atom is -0.379 e. The highest BCUT2D eigenvalue weighted by Crippen LogP contribution is 2.26. The van der Waals surface area contributed by atoms with Crippen LogP contribution in [0.15, 0.2) is 48.7 Å². The Morgan fingerprint density at radius 2 is 1.85 bits per heavy atom. The average Bonchev–Trinajstić information content (AvgIpc) is 3.03. The molecule has 1 fully saturated rings. The fraction of sp³-hybridized carbons (Fsp3) is 0.364. The van der Waals surface area contributed by atoms with Gasteiger partial charge in [0.2, 0.25) is 0 Å². The molecule has 3 aromatic rings. The van der Waals surface area contributed by atoms with Gasteiger partial charge in [-0.05, 0) is 48.7 Å². The number of hydrogen-bond acceptors (Lipinski definition) is 2. The Kier molecular flexibility index (Phi) is 5.77. The van der Waals surface area contributed by atoms with Gasteiger partial charge in [0.25, 0.3) is 0 Å². The maximum Gasteiger partial charge on any atom is 0.124 e. The summed E-state index contributed by atoms with van der Waals surface area (Å²) in [4.78, 5) is 2.47. The fourth-order valence-electron chi connectivity index (χ4n) is 3.80. The van der Waals surface area contributed by atoms with Crippen molar-refractivity contribution >= 4 is 22.5 Å². The fourth-order valence-corrected chi connectivity index (χ4v) is 4.03. The Morgan fingerprint density at radius 1 is 1.04 bits per heavy atom. The van der Waals surface area contributed by atoms with Crippen LogP contribution in [0.3, 0.4) is 0 Å². The highest BCUT2D eigenvalue weighted by Gasteiger charge is 2.13. The number of morpholine rings is 1. The molecule has 0 aliphatic carbocycles. The summed E-state index contributed by atoms with van der Waals surface area (Å²) in [6, 6.07) is 13.1. The number of fused-ring (bicyclic) bond motifs is 1. The summed E-state index contributed by atoms with van der Waals surface area (Å²) in [6.45, 7) is 5.50. The SMILES string of the molecule is Fc1ccc(Cn2cc(CCCN3CCOCC3)c3ccccc32)c(Cl)c1. The maximum atomic E-state index is 13.3. The predicted molar refractivity (Wildman–Crippen MR) is 108 cm³/mol. The molecule has 2 aromatic carbocycles. The Morgan fingerprint density at radius 3 is 2.67 bits per heavy atom. The van der Waals surface area contributed by atoms with Crippen LogP contribution < -0.4 is 0 Å². The first-order valence-corrected chi connectivity index (χ1v) is 9.89. The summed E-state index contributed by atoms with van der Waals surface area (Å²) >= 11 is 6.24. The Balaban J connectivity index is 1.51. The van der Waals surface area contributed by atoms with E-state index in [1.54, 1.807) is 6.07 Å². The topological polar surface area (TPSA) is 17.4 Å². The molecule has 0 radical (unpaired) electrons. The molecule has 0 spiro atoms. The van der Waals surface area contributed by atoms with Gasteiger partial charge in [0, 0.05) is 41.8 Å². The number of para-hydroxylation sites is 1. The predicted octanol–water partition coefficient (Wildman–Crippen LogP) is 4.75. The largest absolute Gasteiger partial charge is 0.379 e. The van der Waals surface area contributed by atoms with Crippen LogP contribution in [-0.4, -0.2) is 42.3 Å². The molecule has 1 aliphatic heterocycles. The molecule has 1 saturated heterocycles. The van der Waals surface area contributed by atoms with Crippen LogP contribution in [0.25, 0.3) is 10.9 Å². The zero-order chi connectivity index (χ0) is 18.6. The smallest absolute Gasteiger partial charge is 0.124 e. The summed E-state index contributed by atoms with van der Waals surface area (Å²) in [7, 11) is 0. The van der Waals surface area contributed by atoms with Crippen molar-refractivity contribution < 1.29 is 9.13 Å². The van der Waals surface area contributed by atoms with Crippen LogP contribution in [0.4, 0.5) is 4.39 Å². The molecule has 27 heavy (non-hydrogen) atoms. The standard InChI is InChI=1S/C22H24ClFN2O/c23-21-14-19(24)8-7-18(21)16-26-15-17(20-5-1-2-6-22(20)26)4-3-9-25-10-12-27-13-11-25/h1-2,5-8,14-15H,3-4,9-13,16H2. The monoisotopic (exact) mass is 386 g/mol. The molecule has 0 amide bonds. The van der Waals surface area contributed by atoms with E-state index in [0.717, 1.165) is 51.3 Å². The number of ether oxygens (including phenoxy) is 1. The number of halogens is 2. The first kappa shape index (κ1) is 18.5. The third kappa shape index (κ3) is 4.34. The molecule has 3 nitrogen and oxygen atoms in total. The van der Waals surface area contributed by atoms with Crippen LogP contribution in [0, 0.1) is 5.82 Å². The Bertz CT molecular complexity index is 918. The Hall–Kier alpha value is -1.88. The first-order chi connectivity index (χ1) is 13.2. The lowest BCUT2D eigenvalue weighted by atomic mass is 10.1. The van der Waals surface area contributed by atoms with E-state index in [2.05, 4.69) is 39.9 Å². The molecule has 5 heteroatoms. The minimum absolute atomic E-state index is 0.301. The van der Waals surface area contributed by atoms with Crippen LogP contribution in [0.5, 0.6) is 0 Å². The molecular weight excluding hydrogens is 363 g/mol. The van der Waals surface area contributed by atoms with E-state index in [-0.39, 0.29) is 5.82 Å². The normalized spacial score (nSPS) is 15.5. The molecule has 1 aliphatic rings. The summed E-state index contributed by atoms with van der Waals surface area (Å²) in [5, 5.41) is 1.76. The van der Waals surface area contributed by atoms with Crippen molar-refractivity contribution in [3.05, 3.63) is 70.6 Å². The van der Waals surface area contributed by atoms with Gasteiger partial charge in [-0.3, -0.25) is 4.90 Å². The van der Waals surface area contributed by atoms with E-state index in [4.69, 9.17) is 16.3 Å². The van der Waals surface area contributed by atoms with E-state index in [9.17, 15) is 4.39 Å². The molecular formula is C22H24ClFN2O. The van der Waals surface area contributed by atoms with Crippen LogP contribution in [-0.2, 0) is 17.7 Å². The van der Waals surface area contributed by atoms with Gasteiger partial charge in [-0.15, -0.1) is 0 Å². The zero-order valence-electron chi connectivity index (χ0n) is 15.3. The molecule has 0 saturated carbocycles. The van der Waals surface area contributed by atoms with E-state index >= 15 is 0 Å². The second-order valence-corrected chi connectivity index (χ2v) is 7.50. The quantitative estimate of drug-likeness (QED) is 0.608. The molecule has 0 bridgehead atoms. The minimum atomic E-state index is -0.301. The molecule has 4 rings (SSSR count). The van der Waals surface area contributed by atoms with Gasteiger partial charge in [-0.2, -0.15) is 0 Å². The lowest BCUT2D eigenvalue weighted by Crippen LogP contribution is -2.36. The second-order valence-electron chi connectivity index (χ2n) is 7.09. The van der Waals surface area contributed by atoms with Gasteiger partial charge in [0.05, 0.1) is 13.2 Å². The number of aromatic nitrogens is 1. The number of aryl methyl sites for hydroxylation is 1. The summed E-state index contributed by atoms with van der Waals surface area (Å²) in [5.74, 6) is -0.301. The van der Waals surface area contributed by atoms with E-state index in [1.165, 1.54) is 28.6 Å². The van der Waals surface area contributed by atoms with Gasteiger partial charge in [0.1, 0.15) is 5.82 Å². The summed E-state index contributed by atoms with van der Waals surface area (Å²) in [5.41, 5.74) is 3.48. The maximum absolute atomic E-state index is 13.3. The van der Waals surface area contributed by atoms with Crippen molar-refractivity contribution in [1.82, 2.24) is 9.47 Å². The van der Waals surface area contributed by atoms with Crippen LogP contribution in [0.1, 0.15) is 17.5 Å². The van der Waals surface area contributed by atoms with E-state index in [0.29, 0.717) is 11.6 Å². The van der Waals surface area contributed by atoms with E-state index < -0.39 is 0 Å². The number of nitrogens with zero attached hydrogens (tertiary/aromatic N) is 2. The van der Waals surface area contributed by atoms with Gasteiger partial charge >= 0.3 is 0 Å². The number of rotatable bonds is 6.